The van der Waals surface area contributed by atoms with Crippen molar-refractivity contribution in [3.05, 3.63) is 47.3 Å². The van der Waals surface area contributed by atoms with Gasteiger partial charge in [-0.2, -0.15) is 8.78 Å². The lowest BCUT2D eigenvalue weighted by Crippen LogP contribution is -2.21. The number of para-hydroxylation sites is 1. The summed E-state index contributed by atoms with van der Waals surface area (Å²) in [4.78, 5) is 24.6. The molecule has 0 aliphatic heterocycles. The molecule has 26 heavy (non-hydrogen) atoms. The lowest BCUT2D eigenvalue weighted by Gasteiger charge is -2.13. The number of hydrogen-bond donors (Lipinski definition) is 1. The molecule has 1 N–H and O–H groups in total. The van der Waals surface area contributed by atoms with Crippen LogP contribution in [0.15, 0.2) is 35.2 Å². The van der Waals surface area contributed by atoms with Gasteiger partial charge in [0.25, 0.3) is 5.76 Å². The number of carbonyl (C=O) groups excluding carboxylic acids is 2. The Labute approximate surface area is 154 Å². The third-order valence-corrected chi connectivity index (χ3v) is 4.54. The smallest absolute Gasteiger partial charge is 0.339 e. The van der Waals surface area contributed by atoms with Crippen molar-refractivity contribution in [3.63, 3.8) is 0 Å². The second-order valence-electron chi connectivity index (χ2n) is 5.51. The fourth-order valence-corrected chi connectivity index (χ4v) is 3.16. The van der Waals surface area contributed by atoms with E-state index < -0.39 is 11.7 Å². The van der Waals surface area contributed by atoms with Crippen LogP contribution >= 0.6 is 11.8 Å². The van der Waals surface area contributed by atoms with Gasteiger partial charge in [-0.25, -0.2) is 4.79 Å². The van der Waals surface area contributed by atoms with E-state index in [1.165, 1.54) is 6.07 Å². The fourth-order valence-electron chi connectivity index (χ4n) is 2.56. The highest BCUT2D eigenvalue weighted by Gasteiger charge is 2.19. The number of aromatic nitrogens is 1. The molecule has 5 nitrogen and oxygen atoms in total. The van der Waals surface area contributed by atoms with Gasteiger partial charge in [0.05, 0.1) is 17.9 Å². The van der Waals surface area contributed by atoms with Crippen LogP contribution in [0.25, 0.3) is 0 Å². The molecule has 8 heteroatoms. The Morgan fingerprint density at radius 1 is 1.27 bits per heavy atom. The summed E-state index contributed by atoms with van der Waals surface area (Å²) in [6.07, 6.45) is 0. The lowest BCUT2D eigenvalue weighted by atomic mass is 10.2. The van der Waals surface area contributed by atoms with Gasteiger partial charge < -0.3 is 14.6 Å². The van der Waals surface area contributed by atoms with Gasteiger partial charge in [-0.1, -0.05) is 23.9 Å². The van der Waals surface area contributed by atoms with E-state index in [4.69, 9.17) is 4.74 Å². The van der Waals surface area contributed by atoms with Crippen molar-refractivity contribution in [2.45, 2.75) is 38.0 Å². The minimum atomic E-state index is -2.57. The van der Waals surface area contributed by atoms with Crippen molar-refractivity contribution in [2.24, 2.45) is 0 Å². The normalized spacial score (nSPS) is 10.8. The minimum absolute atomic E-state index is 0.0370. The van der Waals surface area contributed by atoms with E-state index in [1.807, 2.05) is 0 Å². The van der Waals surface area contributed by atoms with E-state index in [0.29, 0.717) is 33.6 Å². The van der Waals surface area contributed by atoms with Crippen molar-refractivity contribution in [1.29, 1.82) is 0 Å². The number of nitrogens with one attached hydrogen (secondary N) is 1. The maximum atomic E-state index is 12.6. The van der Waals surface area contributed by atoms with E-state index in [1.54, 1.807) is 49.6 Å². The van der Waals surface area contributed by atoms with Gasteiger partial charge >= 0.3 is 5.97 Å². The molecule has 0 unspecified atom stereocenters. The van der Waals surface area contributed by atoms with Crippen molar-refractivity contribution >= 4 is 29.3 Å². The zero-order valence-electron chi connectivity index (χ0n) is 14.7. The standard InChI is InChI=1S/C18H20F2N2O3S/c1-4-25-17(24)13-9-11(2)22(12(13)3)10-16(23)21-14-7-5-6-8-15(14)26-18(19)20/h5-9,18H,4,10H2,1-3H3,(H,21,23). The van der Waals surface area contributed by atoms with Gasteiger partial charge in [0.2, 0.25) is 5.91 Å². The van der Waals surface area contributed by atoms with Crippen LogP contribution in [-0.4, -0.2) is 28.8 Å². The third-order valence-electron chi connectivity index (χ3n) is 3.75. The number of amides is 1. The lowest BCUT2D eigenvalue weighted by molar-refractivity contribution is -0.116. The molecule has 0 saturated carbocycles. The molecular weight excluding hydrogens is 362 g/mol. The Balaban J connectivity index is 2.15. The first-order valence-electron chi connectivity index (χ1n) is 8.01. The summed E-state index contributed by atoms with van der Waals surface area (Å²) >= 11 is 0.377. The van der Waals surface area contributed by atoms with Crippen molar-refractivity contribution in [2.75, 3.05) is 11.9 Å². The maximum absolute atomic E-state index is 12.6. The first kappa shape index (κ1) is 20.0. The molecule has 1 aromatic heterocycles. The number of halogens is 2. The molecule has 0 radical (unpaired) electrons. The highest BCUT2D eigenvalue weighted by atomic mass is 32.2. The number of thioether (sulfide) groups is 1. The monoisotopic (exact) mass is 382 g/mol. The number of rotatable bonds is 7. The molecule has 2 aromatic rings. The molecule has 0 aliphatic carbocycles. The van der Waals surface area contributed by atoms with E-state index in [-0.39, 0.29) is 19.1 Å². The number of hydrogen-bond acceptors (Lipinski definition) is 4. The number of carbonyl (C=O) groups is 2. The predicted octanol–water partition coefficient (Wildman–Crippen LogP) is 4.24. The zero-order valence-corrected chi connectivity index (χ0v) is 15.5. The van der Waals surface area contributed by atoms with Crippen molar-refractivity contribution in [1.82, 2.24) is 4.57 Å². The Morgan fingerprint density at radius 3 is 2.62 bits per heavy atom. The SMILES string of the molecule is CCOC(=O)c1cc(C)n(CC(=O)Nc2ccccc2SC(F)F)c1C. The Hall–Kier alpha value is -2.35. The van der Waals surface area contributed by atoms with Crippen molar-refractivity contribution in [3.8, 4) is 0 Å². The largest absolute Gasteiger partial charge is 0.462 e. The molecule has 2 rings (SSSR count). The van der Waals surface area contributed by atoms with Gasteiger partial charge in [-0.3, -0.25) is 4.79 Å². The molecule has 0 fully saturated rings. The number of benzene rings is 1. The van der Waals surface area contributed by atoms with Crippen LogP contribution in [0.4, 0.5) is 14.5 Å². The first-order chi connectivity index (χ1) is 12.3. The topological polar surface area (TPSA) is 60.3 Å². The number of alkyl halides is 2. The van der Waals surface area contributed by atoms with E-state index in [2.05, 4.69) is 5.32 Å². The van der Waals surface area contributed by atoms with Crippen LogP contribution < -0.4 is 5.32 Å². The Bertz CT molecular complexity index is 806. The van der Waals surface area contributed by atoms with E-state index in [0.717, 1.165) is 5.69 Å². The fraction of sp³-hybridized carbons (Fsp3) is 0.333. The molecule has 1 heterocycles. The number of anilines is 1. The molecule has 0 bridgehead atoms. The molecule has 1 amide bonds. The van der Waals surface area contributed by atoms with Crippen molar-refractivity contribution < 1.29 is 23.1 Å². The third kappa shape index (κ3) is 4.85. The average Bonchev–Trinajstić information content (AvgIpc) is 2.84. The highest BCUT2D eigenvalue weighted by molar-refractivity contribution is 7.99. The second-order valence-corrected chi connectivity index (χ2v) is 6.55. The summed E-state index contributed by atoms with van der Waals surface area (Å²) in [5.74, 6) is -3.38. The van der Waals surface area contributed by atoms with Crippen LogP contribution in [0.2, 0.25) is 0 Å². The Kier molecular flexibility index (Phi) is 6.79. The zero-order chi connectivity index (χ0) is 19.3. The van der Waals surface area contributed by atoms with Crippen LogP contribution in [0, 0.1) is 13.8 Å². The second kappa shape index (κ2) is 8.84. The van der Waals surface area contributed by atoms with Gasteiger partial charge in [0, 0.05) is 16.3 Å². The van der Waals surface area contributed by atoms with E-state index in [9.17, 15) is 18.4 Å². The first-order valence-corrected chi connectivity index (χ1v) is 8.89. The predicted molar refractivity (Wildman–Crippen MR) is 96.8 cm³/mol. The molecule has 0 spiro atoms. The summed E-state index contributed by atoms with van der Waals surface area (Å²) < 4.78 is 32.0. The van der Waals surface area contributed by atoms with Gasteiger partial charge in [0.15, 0.2) is 0 Å². The molecule has 140 valence electrons. The summed E-state index contributed by atoms with van der Waals surface area (Å²) in [6, 6.07) is 8.06. The van der Waals surface area contributed by atoms with Crippen LogP contribution in [0.1, 0.15) is 28.7 Å². The molecule has 0 saturated heterocycles. The summed E-state index contributed by atoms with van der Waals surface area (Å²) in [7, 11) is 0. The van der Waals surface area contributed by atoms with Crippen LogP contribution in [0.3, 0.4) is 0 Å². The molecular formula is C18H20F2N2O3S. The summed E-state index contributed by atoms with van der Waals surface area (Å²) in [5, 5.41) is 2.65. The molecule has 0 aliphatic rings. The Morgan fingerprint density at radius 2 is 1.96 bits per heavy atom. The van der Waals surface area contributed by atoms with Gasteiger partial charge in [-0.05, 0) is 39.0 Å². The number of nitrogens with zero attached hydrogens (tertiary/aromatic N) is 1. The number of esters is 1. The number of aryl methyl sites for hydroxylation is 1. The maximum Gasteiger partial charge on any atom is 0.339 e. The quantitative estimate of drug-likeness (QED) is 0.575. The highest BCUT2D eigenvalue weighted by Crippen LogP contribution is 2.31. The van der Waals surface area contributed by atoms with Gasteiger partial charge in [-0.15, -0.1) is 0 Å². The van der Waals surface area contributed by atoms with E-state index >= 15 is 0 Å². The number of ether oxygens (including phenoxy) is 1. The minimum Gasteiger partial charge on any atom is -0.462 e. The van der Waals surface area contributed by atoms with Crippen LogP contribution in [-0.2, 0) is 16.1 Å². The molecule has 0 atom stereocenters. The molecule has 1 aromatic carbocycles. The van der Waals surface area contributed by atoms with Gasteiger partial charge in [0.1, 0.15) is 6.54 Å². The summed E-state index contributed by atoms with van der Waals surface area (Å²) in [5.41, 5.74) is 2.09. The average molecular weight is 382 g/mol. The summed E-state index contributed by atoms with van der Waals surface area (Å²) in [6.45, 7) is 5.46. The van der Waals surface area contributed by atoms with Crippen LogP contribution in [0.5, 0.6) is 0 Å².